The summed E-state index contributed by atoms with van der Waals surface area (Å²) in [4.78, 5) is 4.66. The number of aromatic nitrogens is 3. The number of allylic oxidation sites excluding steroid dienone is 3. The molecule has 212 valence electrons. The van der Waals surface area contributed by atoms with Gasteiger partial charge in [0.05, 0.1) is 27.7 Å². The summed E-state index contributed by atoms with van der Waals surface area (Å²) in [6.07, 6.45) is 1.21. The van der Waals surface area contributed by atoms with Crippen molar-refractivity contribution < 1.29 is 22.3 Å². The number of alkyl halides is 1. The second kappa shape index (κ2) is 10.9. The molecule has 3 atom stereocenters. The maximum absolute atomic E-state index is 14.4. The first-order valence-corrected chi connectivity index (χ1v) is 14.2. The molecule has 3 aromatic rings. The number of pyridine rings is 1. The molecule has 0 bridgehead atoms. The van der Waals surface area contributed by atoms with Gasteiger partial charge in [0.25, 0.3) is 10.2 Å². The van der Waals surface area contributed by atoms with Gasteiger partial charge in [-0.2, -0.15) is 13.5 Å². The number of hydrogen-bond acceptors (Lipinski definition) is 6. The van der Waals surface area contributed by atoms with Crippen molar-refractivity contribution in [3.05, 3.63) is 64.2 Å². The zero-order valence-electron chi connectivity index (χ0n) is 22.2. The summed E-state index contributed by atoms with van der Waals surface area (Å²) in [5.41, 5.74) is 7.97. The first kappa shape index (κ1) is 29.6. The fourth-order valence-electron chi connectivity index (χ4n) is 4.41. The van der Waals surface area contributed by atoms with Gasteiger partial charge in [-0.05, 0) is 62.1 Å². The maximum atomic E-state index is 14.4. The Hall–Kier alpha value is -3.34. The van der Waals surface area contributed by atoms with Crippen LogP contribution in [-0.4, -0.2) is 40.1 Å². The molecular weight excluding hydrogens is 562 g/mol. The molecule has 2 heterocycles. The van der Waals surface area contributed by atoms with E-state index in [1.807, 2.05) is 0 Å². The Morgan fingerprint density at radius 1 is 1.27 bits per heavy atom. The molecule has 0 aliphatic heterocycles. The van der Waals surface area contributed by atoms with E-state index in [0.717, 1.165) is 0 Å². The van der Waals surface area contributed by atoms with Gasteiger partial charge < -0.3 is 10.8 Å². The summed E-state index contributed by atoms with van der Waals surface area (Å²) < 4.78 is 55.8. The van der Waals surface area contributed by atoms with Gasteiger partial charge in [0, 0.05) is 24.1 Å². The minimum absolute atomic E-state index is 0.0607. The smallest absolute Gasteiger partial charge is 0.297 e. The fourth-order valence-corrected chi connectivity index (χ4v) is 5.06. The van der Waals surface area contributed by atoms with Crippen LogP contribution in [0.2, 0.25) is 5.02 Å². The number of anilines is 1. The Morgan fingerprint density at radius 2 is 1.95 bits per heavy atom. The summed E-state index contributed by atoms with van der Waals surface area (Å²) >= 11 is 6.45. The van der Waals surface area contributed by atoms with Crippen molar-refractivity contribution in [3.63, 3.8) is 0 Å². The average Bonchev–Trinajstić information content (AvgIpc) is 3.16. The van der Waals surface area contributed by atoms with E-state index in [-0.39, 0.29) is 17.3 Å². The van der Waals surface area contributed by atoms with E-state index in [0.29, 0.717) is 39.0 Å². The van der Waals surface area contributed by atoms with Gasteiger partial charge in [-0.25, -0.2) is 18.9 Å². The molecule has 0 radical (unpaired) electrons. The van der Waals surface area contributed by atoms with Crippen LogP contribution < -0.4 is 15.6 Å². The van der Waals surface area contributed by atoms with E-state index in [9.17, 15) is 22.3 Å². The standard InChI is InChI=1S/C27H29ClF2N6O3S/c1-14-20(29)11-15(12-21(14)30)13-22(31)24-17(6-5-16(33-24)9-10-27(2,3)37)18-7-8-19(28)23-25(18)36(4)34-26(23)35-40(32,38)39/h5-8,11-12,14,20,22,37H,13,31H2,1-4H3,(H,34,35)(H2,32,38,39)/t14?,20?,22-/m0/s1. The first-order chi connectivity index (χ1) is 18.5. The number of benzene rings is 1. The van der Waals surface area contributed by atoms with Crippen LogP contribution in [0.15, 0.2) is 47.8 Å². The lowest BCUT2D eigenvalue weighted by Crippen LogP contribution is -2.22. The molecule has 0 saturated carbocycles. The molecule has 1 aliphatic carbocycles. The van der Waals surface area contributed by atoms with Gasteiger partial charge in [-0.1, -0.05) is 30.5 Å². The zero-order valence-corrected chi connectivity index (χ0v) is 23.8. The lowest BCUT2D eigenvalue weighted by molar-refractivity contribution is 0.143. The largest absolute Gasteiger partial charge is 0.378 e. The number of nitrogens with two attached hydrogens (primary N) is 2. The molecule has 4 rings (SSSR count). The van der Waals surface area contributed by atoms with E-state index in [1.54, 1.807) is 31.3 Å². The number of nitrogens with one attached hydrogen (secondary N) is 1. The lowest BCUT2D eigenvalue weighted by atomic mass is 9.90. The second-order valence-electron chi connectivity index (χ2n) is 10.2. The van der Waals surface area contributed by atoms with Crippen LogP contribution in [0.4, 0.5) is 14.6 Å². The third kappa shape index (κ3) is 6.51. The molecule has 9 nitrogen and oxygen atoms in total. The van der Waals surface area contributed by atoms with E-state index in [2.05, 4.69) is 26.6 Å². The zero-order chi connectivity index (χ0) is 29.6. The maximum Gasteiger partial charge on any atom is 0.297 e. The molecule has 0 amide bonds. The number of fused-ring (bicyclic) bond motifs is 1. The van der Waals surface area contributed by atoms with E-state index in [4.69, 9.17) is 22.5 Å². The van der Waals surface area contributed by atoms with Crippen LogP contribution in [-0.2, 0) is 17.3 Å². The number of aliphatic hydroxyl groups is 1. The highest BCUT2D eigenvalue weighted by molar-refractivity contribution is 7.90. The number of hydrogen-bond donors (Lipinski definition) is 4. The Bertz CT molecular complexity index is 1720. The second-order valence-corrected chi connectivity index (χ2v) is 11.9. The van der Waals surface area contributed by atoms with Crippen molar-refractivity contribution in [1.29, 1.82) is 0 Å². The van der Waals surface area contributed by atoms with Crippen molar-refractivity contribution >= 4 is 38.5 Å². The van der Waals surface area contributed by atoms with Crippen molar-refractivity contribution in [2.24, 2.45) is 23.8 Å². The summed E-state index contributed by atoms with van der Waals surface area (Å²) in [6.45, 7) is 4.53. The third-order valence-electron chi connectivity index (χ3n) is 6.30. The summed E-state index contributed by atoms with van der Waals surface area (Å²) in [5, 5.41) is 20.0. The van der Waals surface area contributed by atoms with Gasteiger partial charge in [0.1, 0.15) is 23.3 Å². The first-order valence-electron chi connectivity index (χ1n) is 12.2. The number of nitrogens with zero attached hydrogens (tertiary/aromatic N) is 3. The molecule has 0 spiro atoms. The minimum Gasteiger partial charge on any atom is -0.378 e. The van der Waals surface area contributed by atoms with Crippen LogP contribution in [0.25, 0.3) is 22.0 Å². The number of rotatable bonds is 6. The molecule has 0 fully saturated rings. The predicted molar refractivity (Wildman–Crippen MR) is 152 cm³/mol. The normalized spacial score (nSPS) is 18.6. The van der Waals surface area contributed by atoms with Crippen LogP contribution in [0.1, 0.15) is 44.6 Å². The van der Waals surface area contributed by atoms with Gasteiger partial charge in [-0.15, -0.1) is 0 Å². The van der Waals surface area contributed by atoms with Gasteiger partial charge in [0.15, 0.2) is 5.82 Å². The molecule has 2 aromatic heterocycles. The molecule has 40 heavy (non-hydrogen) atoms. The van der Waals surface area contributed by atoms with Crippen LogP contribution in [0.3, 0.4) is 0 Å². The average molecular weight is 591 g/mol. The highest BCUT2D eigenvalue weighted by Crippen LogP contribution is 2.40. The quantitative estimate of drug-likeness (QED) is 0.316. The van der Waals surface area contributed by atoms with Crippen LogP contribution in [0, 0.1) is 17.8 Å². The van der Waals surface area contributed by atoms with Gasteiger partial charge in [-0.3, -0.25) is 9.40 Å². The SMILES string of the molecule is CC1C(F)=CC(C[C@H](N)c2nc(C#CC(C)(C)O)ccc2-c2ccc(Cl)c3c(NS(N)(=O)=O)nn(C)c23)=CC1F. The van der Waals surface area contributed by atoms with Gasteiger partial charge >= 0.3 is 0 Å². The van der Waals surface area contributed by atoms with Crippen LogP contribution >= 0.6 is 11.6 Å². The van der Waals surface area contributed by atoms with Crippen molar-refractivity contribution in [3.8, 4) is 23.0 Å². The Morgan fingerprint density at radius 3 is 2.58 bits per heavy atom. The van der Waals surface area contributed by atoms with Crippen LogP contribution in [0.5, 0.6) is 0 Å². The number of halogens is 3. The fraction of sp³-hybridized carbons (Fsp3) is 0.333. The summed E-state index contributed by atoms with van der Waals surface area (Å²) in [5.74, 6) is 4.03. The molecule has 1 aromatic carbocycles. The van der Waals surface area contributed by atoms with Crippen molar-refractivity contribution in [2.75, 3.05) is 4.72 Å². The molecular formula is C27H29ClF2N6O3S. The molecule has 0 saturated heterocycles. The Kier molecular flexibility index (Phi) is 8.08. The van der Waals surface area contributed by atoms with E-state index >= 15 is 0 Å². The van der Waals surface area contributed by atoms with E-state index < -0.39 is 39.8 Å². The highest BCUT2D eigenvalue weighted by atomic mass is 35.5. The van der Waals surface area contributed by atoms with Crippen molar-refractivity contribution in [1.82, 2.24) is 14.8 Å². The summed E-state index contributed by atoms with van der Waals surface area (Å²) in [6, 6.07) is 5.83. The minimum atomic E-state index is -4.15. The molecule has 6 N–H and O–H groups in total. The third-order valence-corrected chi connectivity index (χ3v) is 7.10. The van der Waals surface area contributed by atoms with Gasteiger partial charge in [0.2, 0.25) is 0 Å². The van der Waals surface area contributed by atoms with Crippen molar-refractivity contribution in [2.45, 2.75) is 45.0 Å². The topological polar surface area (TPSA) is 149 Å². The molecule has 13 heteroatoms. The Balaban J connectivity index is 1.90. The predicted octanol–water partition coefficient (Wildman–Crippen LogP) is 4.18. The molecule has 1 aliphatic rings. The summed E-state index contributed by atoms with van der Waals surface area (Å²) in [7, 11) is -2.54. The number of aryl methyl sites for hydroxylation is 1. The Labute approximate surface area is 236 Å². The van der Waals surface area contributed by atoms with E-state index in [1.165, 1.54) is 37.6 Å². The monoisotopic (exact) mass is 590 g/mol. The lowest BCUT2D eigenvalue weighted by Gasteiger charge is -2.22. The highest BCUT2D eigenvalue weighted by Gasteiger charge is 2.27. The molecule has 2 unspecified atom stereocenters.